The number of fused-ring (bicyclic) bond motifs is 1. The highest BCUT2D eigenvalue weighted by atomic mass is 32.1. The highest BCUT2D eigenvalue weighted by Crippen LogP contribution is 2.40. The summed E-state index contributed by atoms with van der Waals surface area (Å²) in [6, 6.07) is 2.71. The quantitative estimate of drug-likeness (QED) is 0.922. The van der Waals surface area contributed by atoms with Crippen LogP contribution in [0.2, 0.25) is 0 Å². The zero-order chi connectivity index (χ0) is 11.9. The Balaban J connectivity index is 1.54. The summed E-state index contributed by atoms with van der Waals surface area (Å²) in [5.41, 5.74) is 1.48. The first-order chi connectivity index (χ1) is 8.90. The van der Waals surface area contributed by atoms with Gasteiger partial charge in [0.1, 0.15) is 5.82 Å². The molecule has 1 N–H and O–H groups in total. The maximum Gasteiger partial charge on any atom is 0.203 e. The van der Waals surface area contributed by atoms with E-state index in [1.54, 1.807) is 4.88 Å². The van der Waals surface area contributed by atoms with Crippen LogP contribution in [0, 0.1) is 0 Å². The second-order valence-corrected chi connectivity index (χ2v) is 6.87. The molecule has 2 aromatic rings. The second-order valence-electron chi connectivity index (χ2n) is 5.12. The van der Waals surface area contributed by atoms with Crippen molar-refractivity contribution in [3.63, 3.8) is 0 Å². The summed E-state index contributed by atoms with van der Waals surface area (Å²) in [7, 11) is 0. The van der Waals surface area contributed by atoms with Crippen LogP contribution in [0.1, 0.15) is 53.9 Å². The van der Waals surface area contributed by atoms with E-state index < -0.39 is 0 Å². The van der Waals surface area contributed by atoms with Crippen LogP contribution in [0.4, 0.5) is 5.13 Å². The fourth-order valence-corrected chi connectivity index (χ4v) is 4.27. The minimum atomic E-state index is 0.444. The number of nitrogens with zero attached hydrogens (tertiary/aromatic N) is 2. The molecule has 18 heavy (non-hydrogen) atoms. The molecule has 1 fully saturated rings. The van der Waals surface area contributed by atoms with Crippen LogP contribution in [0.15, 0.2) is 11.4 Å². The molecule has 94 valence electrons. The Hall–Kier alpha value is -0.940. The van der Waals surface area contributed by atoms with Crippen LogP contribution in [-0.4, -0.2) is 9.36 Å². The van der Waals surface area contributed by atoms with E-state index >= 15 is 0 Å². The number of anilines is 1. The van der Waals surface area contributed by atoms with Gasteiger partial charge in [0.25, 0.3) is 0 Å². The van der Waals surface area contributed by atoms with Crippen molar-refractivity contribution in [1.29, 1.82) is 0 Å². The van der Waals surface area contributed by atoms with E-state index in [0.29, 0.717) is 12.0 Å². The van der Waals surface area contributed by atoms with Gasteiger partial charge in [-0.3, -0.25) is 0 Å². The van der Waals surface area contributed by atoms with Crippen LogP contribution in [0.3, 0.4) is 0 Å². The van der Waals surface area contributed by atoms with Crippen molar-refractivity contribution in [3.8, 4) is 0 Å². The lowest BCUT2D eigenvalue weighted by molar-refractivity contribution is 0.608. The Morgan fingerprint density at radius 1 is 1.28 bits per heavy atom. The third-order valence-corrected chi connectivity index (χ3v) is 5.39. The zero-order valence-corrected chi connectivity index (χ0v) is 11.7. The fraction of sp³-hybridized carbons (Fsp3) is 0.538. The molecule has 4 rings (SSSR count). The van der Waals surface area contributed by atoms with Crippen LogP contribution in [0.5, 0.6) is 0 Å². The average Bonchev–Trinajstić information content (AvgIpc) is 2.94. The molecule has 0 aliphatic heterocycles. The maximum atomic E-state index is 4.62. The van der Waals surface area contributed by atoms with Crippen molar-refractivity contribution in [2.24, 2.45) is 0 Å². The molecule has 0 spiro atoms. The molecule has 1 saturated carbocycles. The Morgan fingerprint density at radius 2 is 2.22 bits per heavy atom. The lowest BCUT2D eigenvalue weighted by atomic mass is 9.94. The van der Waals surface area contributed by atoms with Gasteiger partial charge in [-0.15, -0.1) is 11.3 Å². The lowest BCUT2D eigenvalue weighted by Crippen LogP contribution is -2.15. The molecule has 0 aromatic carbocycles. The van der Waals surface area contributed by atoms with E-state index in [4.69, 9.17) is 0 Å². The van der Waals surface area contributed by atoms with Crippen molar-refractivity contribution in [3.05, 3.63) is 27.7 Å². The molecule has 0 bridgehead atoms. The Bertz CT molecular complexity index is 556. The van der Waals surface area contributed by atoms with Crippen molar-refractivity contribution >= 4 is 28.0 Å². The number of hydrogen-bond acceptors (Lipinski definition) is 5. The molecule has 2 aliphatic carbocycles. The summed E-state index contributed by atoms with van der Waals surface area (Å²) in [6.45, 7) is 0. The largest absolute Gasteiger partial charge is 0.353 e. The summed E-state index contributed by atoms with van der Waals surface area (Å²) in [5.74, 6) is 1.71. The molecule has 0 saturated heterocycles. The maximum absolute atomic E-state index is 4.62. The van der Waals surface area contributed by atoms with Gasteiger partial charge in [-0.2, -0.15) is 4.37 Å². The molecule has 2 aromatic heterocycles. The molecule has 0 amide bonds. The number of aromatic nitrogens is 2. The SMILES string of the molecule is c1cc2c(s1)CCCC2Nc1nc(C2CC2)ns1. The van der Waals surface area contributed by atoms with Gasteiger partial charge in [0.15, 0.2) is 0 Å². The van der Waals surface area contributed by atoms with Gasteiger partial charge in [0.2, 0.25) is 5.13 Å². The average molecular weight is 277 g/mol. The van der Waals surface area contributed by atoms with Gasteiger partial charge < -0.3 is 5.32 Å². The molecule has 1 unspecified atom stereocenters. The molecular formula is C13H15N3S2. The van der Waals surface area contributed by atoms with E-state index in [1.807, 2.05) is 11.3 Å². The third kappa shape index (κ3) is 1.95. The van der Waals surface area contributed by atoms with Crippen molar-refractivity contribution in [1.82, 2.24) is 9.36 Å². The van der Waals surface area contributed by atoms with Crippen molar-refractivity contribution < 1.29 is 0 Å². The van der Waals surface area contributed by atoms with Crippen LogP contribution in [0.25, 0.3) is 0 Å². The lowest BCUT2D eigenvalue weighted by Gasteiger charge is -2.23. The summed E-state index contributed by atoms with van der Waals surface area (Å²) in [6.07, 6.45) is 6.28. The summed E-state index contributed by atoms with van der Waals surface area (Å²) in [5, 5.41) is 6.79. The summed E-state index contributed by atoms with van der Waals surface area (Å²) < 4.78 is 4.46. The normalized spacial score (nSPS) is 22.8. The Morgan fingerprint density at radius 3 is 3.11 bits per heavy atom. The predicted molar refractivity (Wildman–Crippen MR) is 75.5 cm³/mol. The van der Waals surface area contributed by atoms with Gasteiger partial charge in [-0.25, -0.2) is 4.98 Å². The van der Waals surface area contributed by atoms with Crippen LogP contribution >= 0.6 is 22.9 Å². The molecular weight excluding hydrogens is 262 g/mol. The van der Waals surface area contributed by atoms with E-state index in [-0.39, 0.29) is 0 Å². The van der Waals surface area contributed by atoms with Gasteiger partial charge in [-0.05, 0) is 49.1 Å². The minimum Gasteiger partial charge on any atom is -0.353 e. The Kier molecular flexibility index (Phi) is 2.62. The van der Waals surface area contributed by atoms with Crippen LogP contribution < -0.4 is 5.32 Å². The number of hydrogen-bond donors (Lipinski definition) is 1. The number of nitrogens with one attached hydrogen (secondary N) is 1. The van der Waals surface area contributed by atoms with Gasteiger partial charge in [0.05, 0.1) is 6.04 Å². The third-order valence-electron chi connectivity index (χ3n) is 3.73. The van der Waals surface area contributed by atoms with Crippen LogP contribution in [-0.2, 0) is 6.42 Å². The first-order valence-electron chi connectivity index (χ1n) is 6.56. The monoisotopic (exact) mass is 277 g/mol. The number of aryl methyl sites for hydroxylation is 1. The van der Waals surface area contributed by atoms with Gasteiger partial charge >= 0.3 is 0 Å². The number of thiophene rings is 1. The first kappa shape index (κ1) is 10.9. The number of rotatable bonds is 3. The molecule has 0 radical (unpaired) electrons. The van der Waals surface area contributed by atoms with Gasteiger partial charge in [-0.1, -0.05) is 0 Å². The topological polar surface area (TPSA) is 37.8 Å². The molecule has 1 atom stereocenters. The standard InChI is InChI=1S/C13H15N3S2/c1-2-10(9-6-7-17-11(9)3-1)14-13-15-12(16-18-13)8-4-5-8/h6-8,10H,1-5H2,(H,14,15,16). The molecule has 5 heteroatoms. The fourth-order valence-electron chi connectivity index (χ4n) is 2.59. The van der Waals surface area contributed by atoms with E-state index in [0.717, 1.165) is 11.0 Å². The smallest absolute Gasteiger partial charge is 0.203 e. The van der Waals surface area contributed by atoms with Gasteiger partial charge in [0, 0.05) is 22.3 Å². The highest BCUT2D eigenvalue weighted by molar-refractivity contribution is 7.10. The zero-order valence-electron chi connectivity index (χ0n) is 10.1. The summed E-state index contributed by atoms with van der Waals surface area (Å²) >= 11 is 3.41. The van der Waals surface area contributed by atoms with E-state index in [9.17, 15) is 0 Å². The Labute approximate surface area is 114 Å². The second kappa shape index (κ2) is 4.31. The van der Waals surface area contributed by atoms with Crippen molar-refractivity contribution in [2.75, 3.05) is 5.32 Å². The molecule has 2 aliphatic rings. The summed E-state index contributed by atoms with van der Waals surface area (Å²) in [4.78, 5) is 6.17. The minimum absolute atomic E-state index is 0.444. The van der Waals surface area contributed by atoms with E-state index in [1.165, 1.54) is 49.2 Å². The first-order valence-corrected chi connectivity index (χ1v) is 8.22. The predicted octanol–water partition coefficient (Wildman–Crippen LogP) is 3.97. The van der Waals surface area contributed by atoms with Crippen molar-refractivity contribution in [2.45, 2.75) is 44.1 Å². The molecule has 3 nitrogen and oxygen atoms in total. The molecule has 2 heterocycles. The highest BCUT2D eigenvalue weighted by Gasteiger charge is 2.28. The van der Waals surface area contributed by atoms with E-state index in [2.05, 4.69) is 26.1 Å².